The summed E-state index contributed by atoms with van der Waals surface area (Å²) in [4.78, 5) is 25.8. The highest BCUT2D eigenvalue weighted by Gasteiger charge is 2.35. The van der Waals surface area contributed by atoms with Crippen LogP contribution in [0.15, 0.2) is 24.3 Å². The van der Waals surface area contributed by atoms with Crippen LogP contribution in [0.1, 0.15) is 79.6 Å². The normalized spacial score (nSPS) is 22.8. The molecular weight excluding hydrogens is 460 g/mol. The zero-order valence-electron chi connectivity index (χ0n) is 21.1. The van der Waals surface area contributed by atoms with E-state index in [-0.39, 0.29) is 30.6 Å². The van der Waals surface area contributed by atoms with Crippen LogP contribution in [0, 0.1) is 19.3 Å². The fraction of sp³-hybridized carbons (Fsp3) is 0.500. The number of rotatable bonds is 8. The first-order valence-electron chi connectivity index (χ1n) is 12.5. The van der Waals surface area contributed by atoms with E-state index >= 15 is 0 Å². The number of carbonyl (C=O) groups is 2. The number of hydrogen-bond donors (Lipinski definition) is 3. The van der Waals surface area contributed by atoms with Crippen LogP contribution in [-0.2, 0) is 22.7 Å². The van der Waals surface area contributed by atoms with Gasteiger partial charge in [0, 0.05) is 37.3 Å². The second-order valence-electron chi connectivity index (χ2n) is 10.7. The minimum atomic E-state index is -0.674. The van der Waals surface area contributed by atoms with Crippen molar-refractivity contribution in [2.75, 3.05) is 32.7 Å². The van der Waals surface area contributed by atoms with Crippen molar-refractivity contribution in [3.8, 4) is 0 Å². The lowest BCUT2D eigenvalue weighted by atomic mass is 9.89. The monoisotopic (exact) mass is 494 g/mol. The van der Waals surface area contributed by atoms with Crippen molar-refractivity contribution < 1.29 is 29.3 Å². The number of nitrogens with one attached hydrogen (secondary N) is 1. The van der Waals surface area contributed by atoms with Gasteiger partial charge < -0.3 is 25.0 Å². The molecule has 8 nitrogen and oxygen atoms in total. The lowest BCUT2D eigenvalue weighted by molar-refractivity contribution is 0.0526. The third-order valence-electron chi connectivity index (χ3n) is 8.09. The SMILES string of the molecule is Cc1c(C(O)CNCC2(C)CCN(CC(O)c3ccc4c(c3C)COC4=O)C2)ccc2c1COC2=O. The Balaban J connectivity index is 1.14. The van der Waals surface area contributed by atoms with E-state index < -0.39 is 12.2 Å². The first kappa shape index (κ1) is 24.9. The van der Waals surface area contributed by atoms with E-state index in [0.717, 1.165) is 59.4 Å². The van der Waals surface area contributed by atoms with E-state index in [1.807, 2.05) is 26.0 Å². The molecule has 1 saturated heterocycles. The maximum atomic E-state index is 11.8. The molecule has 0 aliphatic carbocycles. The number of nitrogens with zero attached hydrogens (tertiary/aromatic N) is 1. The molecule has 0 amide bonds. The largest absolute Gasteiger partial charge is 0.457 e. The molecule has 8 heteroatoms. The number of esters is 2. The van der Waals surface area contributed by atoms with E-state index in [1.54, 1.807) is 12.1 Å². The summed E-state index contributed by atoms with van der Waals surface area (Å²) in [6.07, 6.45) is -0.319. The summed E-state index contributed by atoms with van der Waals surface area (Å²) in [7, 11) is 0. The Labute approximate surface area is 211 Å². The van der Waals surface area contributed by atoms with Gasteiger partial charge in [-0.25, -0.2) is 9.59 Å². The van der Waals surface area contributed by atoms with Gasteiger partial charge in [0.2, 0.25) is 0 Å². The highest BCUT2D eigenvalue weighted by atomic mass is 16.5. The van der Waals surface area contributed by atoms with Crippen molar-refractivity contribution >= 4 is 11.9 Å². The molecule has 3 aliphatic rings. The van der Waals surface area contributed by atoms with Crippen molar-refractivity contribution in [1.29, 1.82) is 0 Å². The van der Waals surface area contributed by atoms with Gasteiger partial charge in [-0.05, 0) is 66.6 Å². The molecule has 3 N–H and O–H groups in total. The molecule has 0 saturated carbocycles. The second kappa shape index (κ2) is 9.59. The summed E-state index contributed by atoms with van der Waals surface area (Å²) in [5.74, 6) is -0.593. The van der Waals surface area contributed by atoms with E-state index in [9.17, 15) is 19.8 Å². The summed E-state index contributed by atoms with van der Waals surface area (Å²) in [6.45, 7) is 10.1. The Morgan fingerprint density at radius 1 is 0.944 bits per heavy atom. The van der Waals surface area contributed by atoms with Gasteiger partial charge in [0.15, 0.2) is 0 Å². The fourth-order valence-corrected chi connectivity index (χ4v) is 5.85. The van der Waals surface area contributed by atoms with Crippen molar-refractivity contribution in [3.05, 3.63) is 68.8 Å². The Bertz CT molecular complexity index is 1210. The third-order valence-corrected chi connectivity index (χ3v) is 8.09. The van der Waals surface area contributed by atoms with E-state index in [0.29, 0.717) is 24.2 Å². The minimum Gasteiger partial charge on any atom is -0.457 e. The smallest absolute Gasteiger partial charge is 0.338 e. The van der Waals surface area contributed by atoms with Gasteiger partial charge in [0.05, 0.1) is 23.3 Å². The molecule has 3 atom stereocenters. The number of ether oxygens (including phenoxy) is 2. The fourth-order valence-electron chi connectivity index (χ4n) is 5.85. The lowest BCUT2D eigenvalue weighted by Gasteiger charge is -2.27. The number of carbonyl (C=O) groups excluding carboxylic acids is 2. The highest BCUT2D eigenvalue weighted by Crippen LogP contribution is 2.34. The summed E-state index contributed by atoms with van der Waals surface area (Å²) < 4.78 is 10.3. The zero-order valence-corrected chi connectivity index (χ0v) is 21.1. The molecular formula is C28H34N2O6. The molecule has 0 spiro atoms. The number of aliphatic hydroxyl groups excluding tert-OH is 2. The average molecular weight is 495 g/mol. The molecule has 0 radical (unpaired) electrons. The summed E-state index contributed by atoms with van der Waals surface area (Å²) >= 11 is 0. The molecule has 0 aromatic heterocycles. The lowest BCUT2D eigenvalue weighted by Crippen LogP contribution is -2.37. The maximum Gasteiger partial charge on any atom is 0.338 e. The van der Waals surface area contributed by atoms with Crippen LogP contribution in [0.25, 0.3) is 0 Å². The van der Waals surface area contributed by atoms with Crippen molar-refractivity contribution in [3.63, 3.8) is 0 Å². The van der Waals surface area contributed by atoms with Crippen LogP contribution in [0.5, 0.6) is 0 Å². The van der Waals surface area contributed by atoms with Gasteiger partial charge in [-0.3, -0.25) is 4.90 Å². The molecule has 1 fully saturated rings. The van der Waals surface area contributed by atoms with Crippen LogP contribution < -0.4 is 5.32 Å². The first-order chi connectivity index (χ1) is 17.2. The molecule has 2 aromatic carbocycles. The predicted octanol–water partition coefficient (Wildman–Crippen LogP) is 2.71. The molecule has 0 bridgehead atoms. The Hall–Kier alpha value is -2.78. The number of hydrogen-bond acceptors (Lipinski definition) is 8. The number of benzene rings is 2. The molecule has 3 heterocycles. The number of cyclic esters (lactones) is 2. The predicted molar refractivity (Wildman–Crippen MR) is 133 cm³/mol. The van der Waals surface area contributed by atoms with Crippen molar-refractivity contribution in [2.45, 2.75) is 52.6 Å². The molecule has 3 aliphatic heterocycles. The Kier molecular flexibility index (Phi) is 6.63. The van der Waals surface area contributed by atoms with Gasteiger partial charge in [-0.1, -0.05) is 19.1 Å². The van der Waals surface area contributed by atoms with Crippen LogP contribution in [0.2, 0.25) is 0 Å². The van der Waals surface area contributed by atoms with Crippen LogP contribution in [0.3, 0.4) is 0 Å². The van der Waals surface area contributed by atoms with Crippen molar-refractivity contribution in [1.82, 2.24) is 10.2 Å². The topological polar surface area (TPSA) is 108 Å². The quantitative estimate of drug-likeness (QED) is 0.481. The van der Waals surface area contributed by atoms with Crippen LogP contribution in [0.4, 0.5) is 0 Å². The second-order valence-corrected chi connectivity index (χ2v) is 10.7. The zero-order chi connectivity index (χ0) is 25.6. The van der Waals surface area contributed by atoms with Crippen molar-refractivity contribution in [2.24, 2.45) is 5.41 Å². The van der Waals surface area contributed by atoms with Gasteiger partial charge in [-0.15, -0.1) is 0 Å². The summed E-state index contributed by atoms with van der Waals surface area (Å²) in [5.41, 5.74) is 6.47. The first-order valence-corrected chi connectivity index (χ1v) is 12.5. The molecule has 5 rings (SSSR count). The van der Waals surface area contributed by atoms with Gasteiger partial charge in [0.1, 0.15) is 13.2 Å². The summed E-state index contributed by atoms with van der Waals surface area (Å²) in [5, 5.41) is 25.2. The van der Waals surface area contributed by atoms with Gasteiger partial charge >= 0.3 is 11.9 Å². The summed E-state index contributed by atoms with van der Waals surface area (Å²) in [6, 6.07) is 7.15. The number of aliphatic hydroxyl groups is 2. The van der Waals surface area contributed by atoms with E-state index in [1.165, 1.54) is 0 Å². The van der Waals surface area contributed by atoms with Crippen LogP contribution in [-0.4, -0.2) is 59.8 Å². The number of likely N-dealkylation sites (tertiary alicyclic amines) is 1. The standard InChI is InChI=1S/C28H34N2O6/c1-16-18(4-6-20-22(16)12-35-26(20)33)24(31)10-29-14-28(3)8-9-30(15-28)11-25(32)19-5-7-21-23(17(19)2)13-36-27(21)34/h4-7,24-25,29,31-32H,8-15H2,1-3H3. The molecule has 2 aromatic rings. The van der Waals surface area contributed by atoms with E-state index in [4.69, 9.17) is 9.47 Å². The molecule has 36 heavy (non-hydrogen) atoms. The van der Waals surface area contributed by atoms with Crippen LogP contribution >= 0.6 is 0 Å². The average Bonchev–Trinajstić information content (AvgIpc) is 3.52. The van der Waals surface area contributed by atoms with E-state index in [2.05, 4.69) is 17.1 Å². The number of fused-ring (bicyclic) bond motifs is 2. The Morgan fingerprint density at radius 3 is 2.08 bits per heavy atom. The molecule has 3 unspecified atom stereocenters. The highest BCUT2D eigenvalue weighted by molar-refractivity contribution is 5.94. The third kappa shape index (κ3) is 4.54. The van der Waals surface area contributed by atoms with Gasteiger partial charge in [-0.2, -0.15) is 0 Å². The minimum absolute atomic E-state index is 0.0277. The molecule has 192 valence electrons. The maximum absolute atomic E-state index is 11.8. The number of β-amino-alcohol motifs (C(OH)–C–C–N with tert-alkyl or cyclic N) is 1. The van der Waals surface area contributed by atoms with Gasteiger partial charge in [0.25, 0.3) is 0 Å². The Morgan fingerprint density at radius 2 is 1.50 bits per heavy atom.